The van der Waals surface area contributed by atoms with E-state index in [4.69, 9.17) is 4.98 Å². The second-order valence-corrected chi connectivity index (χ2v) is 10.3. The van der Waals surface area contributed by atoms with E-state index in [1.54, 1.807) is 16.2 Å². The molecule has 1 unspecified atom stereocenters. The van der Waals surface area contributed by atoms with Crippen LogP contribution in [0.3, 0.4) is 0 Å². The molecule has 7 nitrogen and oxygen atoms in total. The molecular formula is C25H27N5O2S2. The van der Waals surface area contributed by atoms with Gasteiger partial charge in [0.25, 0.3) is 5.56 Å². The van der Waals surface area contributed by atoms with Crippen molar-refractivity contribution in [3.8, 4) is 10.4 Å². The number of aromatic nitrogens is 2. The first kappa shape index (κ1) is 22.9. The average molecular weight is 494 g/mol. The molecule has 1 atom stereocenters. The van der Waals surface area contributed by atoms with Crippen molar-refractivity contribution < 1.29 is 4.79 Å². The largest absolute Gasteiger partial charge is 0.314 e. The van der Waals surface area contributed by atoms with Crippen molar-refractivity contribution in [3.05, 3.63) is 69.4 Å². The Morgan fingerprint density at radius 3 is 2.59 bits per heavy atom. The molecule has 0 bridgehead atoms. The molecule has 9 heteroatoms. The van der Waals surface area contributed by atoms with Gasteiger partial charge in [0.1, 0.15) is 10.7 Å². The molecule has 1 saturated heterocycles. The summed E-state index contributed by atoms with van der Waals surface area (Å²) in [7, 11) is 1.83. The Kier molecular flexibility index (Phi) is 6.60. The molecule has 0 saturated carbocycles. The molecule has 1 aliphatic heterocycles. The zero-order valence-electron chi connectivity index (χ0n) is 19.2. The van der Waals surface area contributed by atoms with E-state index in [0.29, 0.717) is 17.8 Å². The van der Waals surface area contributed by atoms with Crippen LogP contribution in [0.25, 0.3) is 20.7 Å². The lowest BCUT2D eigenvalue weighted by atomic mass is 10.2. The number of benzene rings is 1. The Labute approximate surface area is 206 Å². The maximum Gasteiger partial charge on any atom is 0.260 e. The molecule has 3 aromatic heterocycles. The van der Waals surface area contributed by atoms with Gasteiger partial charge in [-0.1, -0.05) is 24.3 Å². The number of amides is 1. The van der Waals surface area contributed by atoms with Crippen LogP contribution >= 0.6 is 22.7 Å². The van der Waals surface area contributed by atoms with Gasteiger partial charge in [0.15, 0.2) is 0 Å². The number of piperazine rings is 1. The van der Waals surface area contributed by atoms with Crippen LogP contribution in [-0.4, -0.2) is 64.9 Å². The normalized spacial score (nSPS) is 16.1. The number of para-hydroxylation sites is 1. The fourth-order valence-corrected chi connectivity index (χ4v) is 6.20. The van der Waals surface area contributed by atoms with E-state index in [0.717, 1.165) is 47.1 Å². The number of aromatic amines is 1. The number of rotatable bonds is 6. The summed E-state index contributed by atoms with van der Waals surface area (Å²) in [5.74, 6) is 0.786. The van der Waals surface area contributed by atoms with Crippen LogP contribution in [0, 0.1) is 0 Å². The van der Waals surface area contributed by atoms with Gasteiger partial charge in [-0.2, -0.15) is 0 Å². The number of fused-ring (bicyclic) bond motifs is 1. The zero-order valence-corrected chi connectivity index (χ0v) is 20.9. The lowest BCUT2D eigenvalue weighted by Crippen LogP contribution is -2.54. The minimum Gasteiger partial charge on any atom is -0.314 e. The predicted molar refractivity (Wildman–Crippen MR) is 140 cm³/mol. The molecule has 4 heterocycles. The van der Waals surface area contributed by atoms with E-state index < -0.39 is 0 Å². The van der Waals surface area contributed by atoms with Crippen molar-refractivity contribution in [2.24, 2.45) is 0 Å². The number of carbonyl (C=O) groups is 1. The molecule has 1 amide bonds. The number of anilines is 1. The number of nitrogens with one attached hydrogen (secondary N) is 1. The highest BCUT2D eigenvalue weighted by molar-refractivity contribution is 7.18. The highest BCUT2D eigenvalue weighted by Crippen LogP contribution is 2.33. The average Bonchev–Trinajstić information content (AvgIpc) is 3.54. The van der Waals surface area contributed by atoms with Gasteiger partial charge in [0.2, 0.25) is 5.91 Å². The van der Waals surface area contributed by atoms with Gasteiger partial charge in [0.05, 0.1) is 18.0 Å². The van der Waals surface area contributed by atoms with Crippen LogP contribution in [0.1, 0.15) is 12.7 Å². The van der Waals surface area contributed by atoms with Gasteiger partial charge in [-0.25, -0.2) is 4.98 Å². The Morgan fingerprint density at radius 2 is 1.88 bits per heavy atom. The number of thiophene rings is 2. The highest BCUT2D eigenvalue weighted by atomic mass is 32.1. The third-order valence-corrected chi connectivity index (χ3v) is 8.21. The number of hydrogen-bond acceptors (Lipinski definition) is 7. The van der Waals surface area contributed by atoms with Crippen molar-refractivity contribution in [2.45, 2.75) is 19.5 Å². The molecule has 34 heavy (non-hydrogen) atoms. The summed E-state index contributed by atoms with van der Waals surface area (Å²) in [5, 5.41) is 4.71. The number of carbonyl (C=O) groups excluding carboxylic acids is 1. The van der Waals surface area contributed by atoms with Crippen LogP contribution < -0.4 is 10.5 Å². The Hall–Kier alpha value is -2.85. The fraction of sp³-hybridized carbons (Fsp3) is 0.320. The molecule has 1 fully saturated rings. The molecule has 1 aromatic carbocycles. The minimum atomic E-state index is -0.191. The predicted octanol–water partition coefficient (Wildman–Crippen LogP) is 3.88. The summed E-state index contributed by atoms with van der Waals surface area (Å²) >= 11 is 3.15. The molecular weight excluding hydrogens is 466 g/mol. The van der Waals surface area contributed by atoms with Gasteiger partial charge in [0, 0.05) is 54.7 Å². The standard InChI is InChI=1S/C25H27N5O2S2/c1-17(25(32)28(2)18-7-4-3-5-8-18)30-12-10-29(11-13-30)15-21-26-23(31)22-19(16-34-24(22)27-21)20-9-6-14-33-20/h3-9,14,16-17H,10-13,15H2,1-2H3,(H,26,27,31). The van der Waals surface area contributed by atoms with Gasteiger partial charge in [-0.15, -0.1) is 22.7 Å². The Balaban J connectivity index is 1.22. The third-order valence-electron chi connectivity index (χ3n) is 6.44. The molecule has 5 rings (SSSR count). The van der Waals surface area contributed by atoms with Gasteiger partial charge in [-0.05, 0) is 30.5 Å². The number of nitrogens with zero attached hydrogens (tertiary/aromatic N) is 4. The number of hydrogen-bond donors (Lipinski definition) is 1. The summed E-state index contributed by atoms with van der Waals surface area (Å²) < 4.78 is 0. The second-order valence-electron chi connectivity index (χ2n) is 8.54. The van der Waals surface area contributed by atoms with E-state index in [9.17, 15) is 9.59 Å². The van der Waals surface area contributed by atoms with Crippen LogP contribution in [0.15, 0.2) is 58.0 Å². The van der Waals surface area contributed by atoms with Crippen LogP contribution in [-0.2, 0) is 11.3 Å². The third kappa shape index (κ3) is 4.56. The minimum absolute atomic E-state index is 0.0774. The first-order valence-electron chi connectivity index (χ1n) is 11.3. The summed E-state index contributed by atoms with van der Waals surface area (Å²) in [4.78, 5) is 41.7. The highest BCUT2D eigenvalue weighted by Gasteiger charge is 2.28. The fourth-order valence-electron chi connectivity index (χ4n) is 4.42. The van der Waals surface area contributed by atoms with Crippen molar-refractivity contribution >= 4 is 44.5 Å². The van der Waals surface area contributed by atoms with Crippen molar-refractivity contribution in [2.75, 3.05) is 38.1 Å². The van der Waals surface area contributed by atoms with Gasteiger partial charge in [-0.3, -0.25) is 19.4 Å². The van der Waals surface area contributed by atoms with Crippen LogP contribution in [0.2, 0.25) is 0 Å². The number of likely N-dealkylation sites (N-methyl/N-ethyl adjacent to an activating group) is 1. The van der Waals surface area contributed by atoms with E-state index in [-0.39, 0.29) is 17.5 Å². The maximum atomic E-state index is 13.0. The van der Waals surface area contributed by atoms with Crippen molar-refractivity contribution in [1.29, 1.82) is 0 Å². The van der Waals surface area contributed by atoms with E-state index in [2.05, 4.69) is 14.8 Å². The first-order chi connectivity index (χ1) is 16.5. The quantitative estimate of drug-likeness (QED) is 0.441. The molecule has 176 valence electrons. The summed E-state index contributed by atoms with van der Waals surface area (Å²) in [6, 6.07) is 13.6. The molecule has 0 aliphatic carbocycles. The molecule has 1 N–H and O–H groups in total. The van der Waals surface area contributed by atoms with E-state index in [1.807, 2.05) is 67.2 Å². The Morgan fingerprint density at radius 1 is 1.12 bits per heavy atom. The van der Waals surface area contributed by atoms with Gasteiger partial charge < -0.3 is 9.88 Å². The molecule has 0 radical (unpaired) electrons. The van der Waals surface area contributed by atoms with Crippen molar-refractivity contribution in [3.63, 3.8) is 0 Å². The summed E-state index contributed by atoms with van der Waals surface area (Å²) in [5.41, 5.74) is 1.79. The van der Waals surface area contributed by atoms with Gasteiger partial charge >= 0.3 is 0 Å². The lowest BCUT2D eigenvalue weighted by molar-refractivity contribution is -0.123. The zero-order chi connectivity index (χ0) is 23.7. The van der Waals surface area contributed by atoms with Crippen LogP contribution in [0.5, 0.6) is 0 Å². The van der Waals surface area contributed by atoms with E-state index >= 15 is 0 Å². The Bertz CT molecular complexity index is 1320. The summed E-state index contributed by atoms with van der Waals surface area (Å²) in [6.45, 7) is 5.80. The molecule has 0 spiro atoms. The summed E-state index contributed by atoms with van der Waals surface area (Å²) in [6.07, 6.45) is 0. The molecule has 4 aromatic rings. The van der Waals surface area contributed by atoms with E-state index in [1.165, 1.54) is 11.3 Å². The smallest absolute Gasteiger partial charge is 0.260 e. The SMILES string of the molecule is CC(C(=O)N(C)c1ccccc1)N1CCN(Cc2nc3scc(-c4cccs4)c3c(=O)[nH]2)CC1. The van der Waals surface area contributed by atoms with Crippen LogP contribution in [0.4, 0.5) is 5.69 Å². The molecule has 1 aliphatic rings. The maximum absolute atomic E-state index is 13.0. The van der Waals surface area contributed by atoms with Crippen molar-refractivity contribution in [1.82, 2.24) is 19.8 Å². The number of H-pyrrole nitrogens is 1. The first-order valence-corrected chi connectivity index (χ1v) is 13.1. The second kappa shape index (κ2) is 9.79. The lowest BCUT2D eigenvalue weighted by Gasteiger charge is -2.38. The monoisotopic (exact) mass is 493 g/mol. The topological polar surface area (TPSA) is 72.5 Å².